The summed E-state index contributed by atoms with van der Waals surface area (Å²) < 4.78 is 1.75. The Morgan fingerprint density at radius 2 is 2.15 bits per heavy atom. The molecule has 0 unspecified atom stereocenters. The molecule has 13 heavy (non-hydrogen) atoms. The van der Waals surface area contributed by atoms with E-state index in [9.17, 15) is 0 Å². The molecule has 0 radical (unpaired) electrons. The van der Waals surface area contributed by atoms with E-state index in [-0.39, 0.29) is 0 Å². The van der Waals surface area contributed by atoms with Crippen molar-refractivity contribution in [2.75, 3.05) is 0 Å². The van der Waals surface area contributed by atoms with Crippen LogP contribution in [0.3, 0.4) is 0 Å². The number of hydrogen-bond donors (Lipinski definition) is 0. The summed E-state index contributed by atoms with van der Waals surface area (Å²) in [6, 6.07) is 2.11. The van der Waals surface area contributed by atoms with Gasteiger partial charge in [0, 0.05) is 0 Å². The van der Waals surface area contributed by atoms with Crippen molar-refractivity contribution >= 4 is 5.65 Å². The summed E-state index contributed by atoms with van der Waals surface area (Å²) in [6.45, 7) is 0. The number of hydrogen-bond acceptors (Lipinski definition) is 3. The molecule has 0 atom stereocenters. The lowest BCUT2D eigenvalue weighted by Crippen LogP contribution is -2.08. The number of fused-ring (bicyclic) bond motifs is 2. The van der Waals surface area contributed by atoms with Crippen LogP contribution in [0.5, 0.6) is 0 Å². The van der Waals surface area contributed by atoms with Crippen LogP contribution < -0.4 is 0 Å². The number of aryl methyl sites for hydroxylation is 2. The minimum absolute atomic E-state index is 0.862. The van der Waals surface area contributed by atoms with Crippen LogP contribution in [0.25, 0.3) is 5.65 Å². The number of aromatic nitrogens is 4. The van der Waals surface area contributed by atoms with Gasteiger partial charge in [-0.05, 0) is 37.3 Å². The predicted octanol–water partition coefficient (Wildman–Crippen LogP) is 1.00. The van der Waals surface area contributed by atoms with Crippen molar-refractivity contribution in [2.45, 2.75) is 25.7 Å². The molecule has 0 bridgehead atoms. The van der Waals surface area contributed by atoms with Crippen molar-refractivity contribution in [2.24, 2.45) is 0 Å². The van der Waals surface area contributed by atoms with Crippen LogP contribution in [0.1, 0.15) is 24.1 Å². The summed E-state index contributed by atoms with van der Waals surface area (Å²) in [5, 5.41) is 12.3. The van der Waals surface area contributed by atoms with Gasteiger partial charge in [0.2, 0.25) is 0 Å². The molecule has 0 saturated heterocycles. The van der Waals surface area contributed by atoms with Crippen molar-refractivity contribution < 1.29 is 0 Å². The largest absolute Gasteiger partial charge is 0.200 e. The Hall–Kier alpha value is -1.45. The van der Waals surface area contributed by atoms with Gasteiger partial charge in [-0.1, -0.05) is 0 Å². The van der Waals surface area contributed by atoms with Gasteiger partial charge in [0.1, 0.15) is 6.33 Å². The average Bonchev–Trinajstić information content (AvgIpc) is 2.61. The van der Waals surface area contributed by atoms with E-state index in [4.69, 9.17) is 0 Å². The first-order valence-corrected chi connectivity index (χ1v) is 4.62. The highest BCUT2D eigenvalue weighted by Crippen LogP contribution is 2.19. The fourth-order valence-corrected chi connectivity index (χ4v) is 1.88. The first-order chi connectivity index (χ1) is 6.43. The van der Waals surface area contributed by atoms with Crippen LogP contribution in [-0.2, 0) is 12.8 Å². The normalized spacial score (nSPS) is 16.0. The quantitative estimate of drug-likeness (QED) is 0.598. The van der Waals surface area contributed by atoms with E-state index in [1.54, 1.807) is 10.8 Å². The van der Waals surface area contributed by atoms with E-state index < -0.39 is 0 Å². The molecule has 1 aliphatic carbocycles. The van der Waals surface area contributed by atoms with Crippen molar-refractivity contribution in [3.8, 4) is 0 Å². The molecule has 0 N–H and O–H groups in total. The maximum absolute atomic E-state index is 4.47. The molecule has 66 valence electrons. The van der Waals surface area contributed by atoms with E-state index in [0.717, 1.165) is 18.5 Å². The van der Waals surface area contributed by atoms with Crippen LogP contribution in [-0.4, -0.2) is 19.8 Å². The van der Waals surface area contributed by atoms with Gasteiger partial charge in [0.15, 0.2) is 5.65 Å². The summed E-state index contributed by atoms with van der Waals surface area (Å²) in [7, 11) is 0. The summed E-state index contributed by atoms with van der Waals surface area (Å²) >= 11 is 0. The Kier molecular flexibility index (Phi) is 1.36. The predicted molar refractivity (Wildman–Crippen MR) is 47.4 cm³/mol. The highest BCUT2D eigenvalue weighted by molar-refractivity contribution is 5.40. The third kappa shape index (κ3) is 1.02. The van der Waals surface area contributed by atoms with Crippen LogP contribution >= 0.6 is 0 Å². The molecule has 4 nitrogen and oxygen atoms in total. The topological polar surface area (TPSA) is 43.1 Å². The monoisotopic (exact) mass is 174 g/mol. The van der Waals surface area contributed by atoms with Gasteiger partial charge in [-0.3, -0.25) is 0 Å². The lowest BCUT2D eigenvalue weighted by atomic mass is 9.97. The lowest BCUT2D eigenvalue weighted by molar-refractivity contribution is 0.649. The molecule has 0 aromatic carbocycles. The maximum atomic E-state index is 4.47. The molecular weight excluding hydrogens is 164 g/mol. The van der Waals surface area contributed by atoms with Crippen molar-refractivity contribution in [1.29, 1.82) is 0 Å². The van der Waals surface area contributed by atoms with Crippen LogP contribution in [0.4, 0.5) is 0 Å². The summed E-state index contributed by atoms with van der Waals surface area (Å²) in [4.78, 5) is 0. The summed E-state index contributed by atoms with van der Waals surface area (Å²) in [5.74, 6) is 0. The smallest absolute Gasteiger partial charge is 0.177 e. The van der Waals surface area contributed by atoms with Gasteiger partial charge in [-0.2, -0.15) is 5.10 Å². The van der Waals surface area contributed by atoms with Gasteiger partial charge in [0.05, 0.1) is 5.69 Å². The number of nitrogens with zero attached hydrogens (tertiary/aromatic N) is 4. The zero-order chi connectivity index (χ0) is 8.67. The molecule has 0 spiro atoms. The lowest BCUT2D eigenvalue weighted by Gasteiger charge is -2.13. The van der Waals surface area contributed by atoms with Gasteiger partial charge in [-0.25, -0.2) is 4.52 Å². The Morgan fingerprint density at radius 1 is 1.23 bits per heavy atom. The SMILES string of the molecule is c1c2c(nn3cnnc13)CCCC2. The fourth-order valence-electron chi connectivity index (χ4n) is 1.88. The molecule has 2 aromatic heterocycles. The molecule has 3 rings (SSSR count). The highest BCUT2D eigenvalue weighted by Gasteiger charge is 2.12. The second kappa shape index (κ2) is 2.52. The fraction of sp³-hybridized carbons (Fsp3) is 0.444. The van der Waals surface area contributed by atoms with Crippen molar-refractivity contribution in [1.82, 2.24) is 19.8 Å². The van der Waals surface area contributed by atoms with Gasteiger partial charge in [0.25, 0.3) is 0 Å². The zero-order valence-electron chi connectivity index (χ0n) is 7.27. The van der Waals surface area contributed by atoms with Crippen LogP contribution in [0, 0.1) is 0 Å². The Labute approximate surface area is 75.6 Å². The zero-order valence-corrected chi connectivity index (χ0v) is 7.27. The molecule has 0 fully saturated rings. The van der Waals surface area contributed by atoms with Crippen molar-refractivity contribution in [3.05, 3.63) is 23.7 Å². The summed E-state index contributed by atoms with van der Waals surface area (Å²) in [6.07, 6.45) is 6.44. The van der Waals surface area contributed by atoms with E-state index in [0.29, 0.717) is 0 Å². The van der Waals surface area contributed by atoms with E-state index in [2.05, 4.69) is 21.4 Å². The van der Waals surface area contributed by atoms with E-state index >= 15 is 0 Å². The highest BCUT2D eigenvalue weighted by atomic mass is 15.3. The molecule has 4 heteroatoms. The first-order valence-electron chi connectivity index (χ1n) is 4.62. The third-order valence-corrected chi connectivity index (χ3v) is 2.57. The van der Waals surface area contributed by atoms with Gasteiger partial charge in [-0.15, -0.1) is 10.2 Å². The van der Waals surface area contributed by atoms with E-state index in [1.807, 2.05) is 0 Å². The first kappa shape index (κ1) is 7.00. The standard InChI is InChI=1S/C9H10N4/c1-2-4-8-7(3-1)5-9-11-10-6-13(9)12-8/h5-6H,1-4H2. The summed E-state index contributed by atoms with van der Waals surface area (Å²) in [5.41, 5.74) is 3.44. The minimum atomic E-state index is 0.862. The Balaban J connectivity index is 2.28. The third-order valence-electron chi connectivity index (χ3n) is 2.57. The maximum Gasteiger partial charge on any atom is 0.177 e. The molecule has 2 heterocycles. The molecule has 0 aliphatic heterocycles. The molecule has 1 aliphatic rings. The van der Waals surface area contributed by atoms with Crippen molar-refractivity contribution in [3.63, 3.8) is 0 Å². The Morgan fingerprint density at radius 3 is 3.15 bits per heavy atom. The average molecular weight is 174 g/mol. The minimum Gasteiger partial charge on any atom is -0.200 e. The molecule has 2 aromatic rings. The Bertz CT molecular complexity index is 406. The second-order valence-corrected chi connectivity index (χ2v) is 3.46. The van der Waals surface area contributed by atoms with Crippen LogP contribution in [0.2, 0.25) is 0 Å². The molecular formula is C9H10N4. The molecule has 0 saturated carbocycles. The van der Waals surface area contributed by atoms with Gasteiger partial charge < -0.3 is 0 Å². The molecule has 0 amide bonds. The van der Waals surface area contributed by atoms with Gasteiger partial charge >= 0.3 is 0 Å². The second-order valence-electron chi connectivity index (χ2n) is 3.46. The van der Waals surface area contributed by atoms with Crippen LogP contribution in [0.15, 0.2) is 12.4 Å². The van der Waals surface area contributed by atoms with E-state index in [1.165, 1.54) is 24.1 Å². The number of rotatable bonds is 0.